The second-order valence-corrected chi connectivity index (χ2v) is 5.53. The van der Waals surface area contributed by atoms with Crippen molar-refractivity contribution in [3.63, 3.8) is 0 Å². The lowest BCUT2D eigenvalue weighted by atomic mass is 10.00. The summed E-state index contributed by atoms with van der Waals surface area (Å²) in [7, 11) is 0. The Balaban J connectivity index is 2.81. The number of carboxylic acid groups (broad SMARTS) is 3. The zero-order valence-electron chi connectivity index (χ0n) is 13.7. The fourth-order valence-electron chi connectivity index (χ4n) is 2.25. The van der Waals surface area contributed by atoms with Crippen LogP contribution in [-0.4, -0.2) is 45.8 Å². The average Bonchev–Trinajstić information content (AvgIpc) is 2.56. The smallest absolute Gasteiger partial charge is 0.339 e. The van der Waals surface area contributed by atoms with Gasteiger partial charge in [-0.15, -0.1) is 0 Å². The van der Waals surface area contributed by atoms with Gasteiger partial charge < -0.3 is 20.1 Å². The van der Waals surface area contributed by atoms with Gasteiger partial charge in [-0.05, 0) is 37.0 Å². The number of hydrogen-bond acceptors (Lipinski definition) is 5. The van der Waals surface area contributed by atoms with E-state index < -0.39 is 23.9 Å². The van der Waals surface area contributed by atoms with Crippen LogP contribution in [0.3, 0.4) is 0 Å². The molecule has 136 valence electrons. The summed E-state index contributed by atoms with van der Waals surface area (Å²) in [5.41, 5.74) is -0.882. The zero-order valence-corrected chi connectivity index (χ0v) is 13.7. The molecule has 8 nitrogen and oxygen atoms in total. The fourth-order valence-corrected chi connectivity index (χ4v) is 2.25. The number of aliphatic carboxylic acids is 1. The lowest BCUT2D eigenvalue weighted by Gasteiger charge is -2.15. The summed E-state index contributed by atoms with van der Waals surface area (Å²) in [4.78, 5) is 44.9. The maximum absolute atomic E-state index is 12.2. The summed E-state index contributed by atoms with van der Waals surface area (Å²) >= 11 is 0. The number of benzene rings is 1. The Bertz CT molecular complexity index is 665. The van der Waals surface area contributed by atoms with Gasteiger partial charge in [0.1, 0.15) is 0 Å². The van der Waals surface area contributed by atoms with Gasteiger partial charge in [0.15, 0.2) is 0 Å². The average molecular weight is 352 g/mol. The first-order valence-corrected chi connectivity index (χ1v) is 7.75. The number of carbonyl (C=O) groups is 4. The van der Waals surface area contributed by atoms with Crippen molar-refractivity contribution in [1.82, 2.24) is 0 Å². The van der Waals surface area contributed by atoms with Gasteiger partial charge in [-0.2, -0.15) is 0 Å². The number of esters is 1. The normalized spacial score (nSPS) is 11.6. The van der Waals surface area contributed by atoms with Crippen molar-refractivity contribution in [3.8, 4) is 0 Å². The van der Waals surface area contributed by atoms with E-state index in [1.807, 2.05) is 6.92 Å². The molecule has 0 amide bonds. The summed E-state index contributed by atoms with van der Waals surface area (Å²) in [5, 5.41) is 26.7. The summed E-state index contributed by atoms with van der Waals surface area (Å²) in [6, 6.07) is 3.12. The lowest BCUT2D eigenvalue weighted by Crippen LogP contribution is -2.17. The van der Waals surface area contributed by atoms with E-state index in [-0.39, 0.29) is 35.6 Å². The highest BCUT2D eigenvalue weighted by Crippen LogP contribution is 2.17. The molecular weight excluding hydrogens is 332 g/mol. The minimum absolute atomic E-state index is 0.00527. The van der Waals surface area contributed by atoms with Crippen LogP contribution in [0.2, 0.25) is 0 Å². The molecule has 25 heavy (non-hydrogen) atoms. The third-order valence-corrected chi connectivity index (χ3v) is 3.75. The number of hydrogen-bond donors (Lipinski definition) is 3. The van der Waals surface area contributed by atoms with Crippen LogP contribution in [-0.2, 0) is 9.53 Å². The Morgan fingerprint density at radius 3 is 2.24 bits per heavy atom. The molecule has 0 bridgehead atoms. The molecule has 0 fully saturated rings. The van der Waals surface area contributed by atoms with Gasteiger partial charge >= 0.3 is 23.9 Å². The first kappa shape index (κ1) is 20.1. The molecule has 0 aliphatic carbocycles. The highest BCUT2D eigenvalue weighted by molar-refractivity contribution is 6.04. The Morgan fingerprint density at radius 2 is 1.72 bits per heavy atom. The molecule has 0 saturated heterocycles. The van der Waals surface area contributed by atoms with Crippen molar-refractivity contribution in [1.29, 1.82) is 0 Å². The Hall–Kier alpha value is -2.90. The van der Waals surface area contributed by atoms with E-state index in [2.05, 4.69) is 0 Å². The molecule has 0 aliphatic rings. The SMILES string of the molecule is CCC(CCCC(=O)O)COC(=O)c1cc(C(=O)O)ccc1C(=O)O. The van der Waals surface area contributed by atoms with Gasteiger partial charge in [-0.25, -0.2) is 14.4 Å². The quantitative estimate of drug-likeness (QED) is 0.546. The van der Waals surface area contributed by atoms with E-state index in [1.54, 1.807) is 0 Å². The molecule has 1 aromatic rings. The minimum atomic E-state index is -1.36. The maximum atomic E-state index is 12.2. The lowest BCUT2D eigenvalue weighted by molar-refractivity contribution is -0.137. The highest BCUT2D eigenvalue weighted by Gasteiger charge is 2.21. The molecule has 8 heteroatoms. The minimum Gasteiger partial charge on any atom is -0.481 e. The molecule has 0 radical (unpaired) electrons. The highest BCUT2D eigenvalue weighted by atomic mass is 16.5. The van der Waals surface area contributed by atoms with Crippen LogP contribution >= 0.6 is 0 Å². The van der Waals surface area contributed by atoms with Gasteiger partial charge in [-0.1, -0.05) is 13.3 Å². The molecule has 3 N–H and O–H groups in total. The first-order chi connectivity index (χ1) is 11.8. The summed E-state index contributed by atoms with van der Waals surface area (Å²) in [6.45, 7) is 1.87. The standard InChI is InChI=1S/C17H20O8/c1-2-10(4-3-5-14(18)19)9-25-17(24)13-8-11(15(20)21)6-7-12(13)16(22)23/h6-8,10H,2-5,9H2,1H3,(H,18,19)(H,20,21)(H,22,23). The third kappa shape index (κ3) is 6.25. The second-order valence-electron chi connectivity index (χ2n) is 5.53. The number of carbonyl (C=O) groups excluding carboxylic acids is 1. The van der Waals surface area contributed by atoms with E-state index in [1.165, 1.54) is 0 Å². The maximum Gasteiger partial charge on any atom is 0.339 e. The van der Waals surface area contributed by atoms with Crippen LogP contribution in [0.5, 0.6) is 0 Å². The van der Waals surface area contributed by atoms with Crippen molar-refractivity contribution < 1.29 is 39.2 Å². The van der Waals surface area contributed by atoms with Crippen molar-refractivity contribution in [3.05, 3.63) is 34.9 Å². The summed E-state index contributed by atoms with van der Waals surface area (Å²) in [5.74, 6) is -4.52. The predicted octanol–water partition coefficient (Wildman–Crippen LogP) is 2.52. The van der Waals surface area contributed by atoms with E-state index >= 15 is 0 Å². The molecule has 0 aromatic heterocycles. The van der Waals surface area contributed by atoms with Gasteiger partial charge in [-0.3, -0.25) is 4.79 Å². The first-order valence-electron chi connectivity index (χ1n) is 7.75. The molecule has 1 unspecified atom stereocenters. The number of aromatic carboxylic acids is 2. The third-order valence-electron chi connectivity index (χ3n) is 3.75. The van der Waals surface area contributed by atoms with Crippen LogP contribution < -0.4 is 0 Å². The molecule has 0 aliphatic heterocycles. The van der Waals surface area contributed by atoms with Gasteiger partial charge in [0, 0.05) is 6.42 Å². The number of carboxylic acids is 3. The van der Waals surface area contributed by atoms with Crippen molar-refractivity contribution in [2.24, 2.45) is 5.92 Å². The van der Waals surface area contributed by atoms with E-state index in [0.717, 1.165) is 18.2 Å². The molecule has 1 aromatic carbocycles. The monoisotopic (exact) mass is 352 g/mol. The molecule has 0 heterocycles. The molecule has 1 atom stereocenters. The number of rotatable bonds is 10. The molecule has 0 spiro atoms. The van der Waals surface area contributed by atoms with Crippen molar-refractivity contribution in [2.75, 3.05) is 6.61 Å². The van der Waals surface area contributed by atoms with Crippen molar-refractivity contribution >= 4 is 23.9 Å². The molecule has 1 rings (SSSR count). The van der Waals surface area contributed by atoms with Gasteiger partial charge in [0.25, 0.3) is 0 Å². The Morgan fingerprint density at radius 1 is 1.04 bits per heavy atom. The van der Waals surface area contributed by atoms with Crippen LogP contribution in [0.25, 0.3) is 0 Å². The topological polar surface area (TPSA) is 138 Å². The van der Waals surface area contributed by atoms with Crippen LogP contribution in [0.1, 0.15) is 63.7 Å². The van der Waals surface area contributed by atoms with E-state index in [4.69, 9.17) is 20.1 Å². The number of ether oxygens (including phenoxy) is 1. The Labute approximate surface area is 144 Å². The van der Waals surface area contributed by atoms with Crippen LogP contribution in [0.4, 0.5) is 0 Å². The Kier molecular flexibility index (Phi) is 7.58. The zero-order chi connectivity index (χ0) is 19.0. The van der Waals surface area contributed by atoms with Crippen LogP contribution in [0.15, 0.2) is 18.2 Å². The van der Waals surface area contributed by atoms with E-state index in [0.29, 0.717) is 19.3 Å². The van der Waals surface area contributed by atoms with Gasteiger partial charge in [0.05, 0.1) is 23.3 Å². The summed E-state index contributed by atoms with van der Waals surface area (Å²) in [6.07, 6.45) is 1.68. The fraction of sp³-hybridized carbons (Fsp3) is 0.412. The second kappa shape index (κ2) is 9.41. The van der Waals surface area contributed by atoms with Crippen LogP contribution in [0, 0.1) is 5.92 Å². The van der Waals surface area contributed by atoms with Crippen molar-refractivity contribution in [2.45, 2.75) is 32.6 Å². The van der Waals surface area contributed by atoms with E-state index in [9.17, 15) is 19.2 Å². The molecular formula is C17H20O8. The largest absolute Gasteiger partial charge is 0.481 e. The predicted molar refractivity (Wildman–Crippen MR) is 85.9 cm³/mol. The van der Waals surface area contributed by atoms with Gasteiger partial charge in [0.2, 0.25) is 0 Å². The summed E-state index contributed by atoms with van der Waals surface area (Å²) < 4.78 is 5.12. The molecule has 0 saturated carbocycles.